The minimum absolute atomic E-state index is 0.00335. The second kappa shape index (κ2) is 10.4. The Morgan fingerprint density at radius 3 is 1.85 bits per heavy atom. The zero-order chi connectivity index (χ0) is 33.4. The maximum atomic E-state index is 15.0. The number of esters is 2. The third-order valence-corrected chi connectivity index (χ3v) is 8.51. The topological polar surface area (TPSA) is 59.1 Å². The molecule has 0 aliphatic carbocycles. The summed E-state index contributed by atoms with van der Waals surface area (Å²) in [6, 6.07) is 18.5. The zero-order valence-electron chi connectivity index (χ0n) is 24.3. The highest BCUT2D eigenvalue weighted by molar-refractivity contribution is 6.30. The number of hydrogen-bond acceptors (Lipinski definition) is 6. The molecule has 0 aromatic heterocycles. The fourth-order valence-electron chi connectivity index (χ4n) is 6.14. The van der Waals surface area contributed by atoms with Gasteiger partial charge < -0.3 is 19.3 Å². The molecule has 4 aromatic rings. The Labute approximate surface area is 263 Å². The molecule has 238 valence electrons. The predicted molar refractivity (Wildman–Crippen MR) is 158 cm³/mol. The van der Waals surface area contributed by atoms with E-state index >= 15 is 13.2 Å². The molecule has 0 spiro atoms. The molecule has 0 saturated heterocycles. The Balaban J connectivity index is 1.48. The van der Waals surface area contributed by atoms with Crippen molar-refractivity contribution in [3.8, 4) is 11.1 Å². The Morgan fingerprint density at radius 2 is 1.22 bits per heavy atom. The average molecular weight is 661 g/mol. The first-order chi connectivity index (χ1) is 21.5. The highest BCUT2D eigenvalue weighted by Gasteiger charge is 2.66. The van der Waals surface area contributed by atoms with E-state index in [0.717, 1.165) is 29.0 Å². The molecule has 0 radical (unpaired) electrons. The van der Waals surface area contributed by atoms with E-state index < -0.39 is 46.9 Å². The quantitative estimate of drug-likeness (QED) is 0.163. The standard InChI is InChI=1S/C33H23ClF6N2O4/c1-18-13-20(15-22(14-18)31(33(38,39)40)41(2)26-10-5-4-9-24(26)28(43)45-31)19-11-12-27-25(16-19)29(44)46-30(42(27)3,32(35,36)37)21-7-6-8-23(34)17-21/h4-17H,1-3H3/t30-,31-/m0/s1. The summed E-state index contributed by atoms with van der Waals surface area (Å²) in [6.45, 7) is 1.54. The van der Waals surface area contributed by atoms with Gasteiger partial charge in [0.25, 0.3) is 0 Å². The second-order valence-electron chi connectivity index (χ2n) is 11.0. The van der Waals surface area contributed by atoms with E-state index in [1.54, 1.807) is 6.92 Å². The normalized spacial score (nSPS) is 21.3. The van der Waals surface area contributed by atoms with Crippen molar-refractivity contribution in [2.75, 3.05) is 23.9 Å². The first kappa shape index (κ1) is 31.3. The lowest BCUT2D eigenvalue weighted by Gasteiger charge is -2.46. The number of halogens is 7. The minimum Gasteiger partial charge on any atom is -0.421 e. The van der Waals surface area contributed by atoms with Gasteiger partial charge in [0.15, 0.2) is 0 Å². The van der Waals surface area contributed by atoms with Gasteiger partial charge in [0.2, 0.25) is 0 Å². The minimum atomic E-state index is -5.11. The van der Waals surface area contributed by atoms with Crippen LogP contribution >= 0.6 is 11.6 Å². The van der Waals surface area contributed by atoms with Crippen LogP contribution in [-0.4, -0.2) is 38.4 Å². The lowest BCUT2D eigenvalue weighted by atomic mass is 9.90. The maximum absolute atomic E-state index is 15.0. The highest BCUT2D eigenvalue weighted by Crippen LogP contribution is 2.53. The zero-order valence-corrected chi connectivity index (χ0v) is 25.0. The number of fused-ring (bicyclic) bond motifs is 2. The first-order valence-electron chi connectivity index (χ1n) is 13.7. The molecule has 46 heavy (non-hydrogen) atoms. The fraction of sp³-hybridized carbons (Fsp3) is 0.212. The van der Waals surface area contributed by atoms with Crippen molar-refractivity contribution in [2.45, 2.75) is 30.7 Å². The number of aryl methyl sites for hydroxylation is 1. The van der Waals surface area contributed by atoms with Crippen LogP contribution in [0, 0.1) is 6.92 Å². The van der Waals surface area contributed by atoms with Gasteiger partial charge in [-0.3, -0.25) is 0 Å². The number of carbonyl (C=O) groups excluding carboxylic acids is 2. The molecule has 6 rings (SSSR count). The van der Waals surface area contributed by atoms with Gasteiger partial charge in [0, 0.05) is 30.2 Å². The molecule has 4 aromatic carbocycles. The van der Waals surface area contributed by atoms with E-state index in [0.29, 0.717) is 5.56 Å². The number of hydrogen-bond donors (Lipinski definition) is 0. The van der Waals surface area contributed by atoms with Crippen LogP contribution in [0.3, 0.4) is 0 Å². The Morgan fingerprint density at radius 1 is 0.630 bits per heavy atom. The van der Waals surface area contributed by atoms with E-state index in [1.165, 1.54) is 79.8 Å². The fourth-order valence-corrected chi connectivity index (χ4v) is 6.33. The van der Waals surface area contributed by atoms with Crippen LogP contribution in [0.25, 0.3) is 11.1 Å². The number of para-hydroxylation sites is 1. The van der Waals surface area contributed by atoms with Crippen LogP contribution in [0.5, 0.6) is 0 Å². The number of ether oxygens (including phenoxy) is 2. The summed E-state index contributed by atoms with van der Waals surface area (Å²) in [6.07, 6.45) is -10.2. The molecule has 0 fully saturated rings. The summed E-state index contributed by atoms with van der Waals surface area (Å²) in [5.74, 6) is -2.47. The van der Waals surface area contributed by atoms with Crippen LogP contribution in [0.4, 0.5) is 37.7 Å². The van der Waals surface area contributed by atoms with E-state index in [1.807, 2.05) is 0 Å². The second-order valence-corrected chi connectivity index (χ2v) is 11.5. The number of anilines is 2. The molecule has 13 heteroatoms. The summed E-state index contributed by atoms with van der Waals surface area (Å²) in [5.41, 5.74) is -6.92. The number of rotatable bonds is 3. The van der Waals surface area contributed by atoms with Crippen molar-refractivity contribution in [3.63, 3.8) is 0 Å². The van der Waals surface area contributed by atoms with E-state index in [-0.39, 0.29) is 38.7 Å². The Hall–Kier alpha value is -4.71. The molecule has 0 bridgehead atoms. The molecule has 2 atom stereocenters. The summed E-state index contributed by atoms with van der Waals surface area (Å²) >= 11 is 5.98. The molecule has 0 saturated carbocycles. The van der Waals surface area contributed by atoms with Crippen LogP contribution in [-0.2, 0) is 20.9 Å². The molecule has 2 aliphatic rings. The number of carbonyl (C=O) groups is 2. The summed E-state index contributed by atoms with van der Waals surface area (Å²) in [7, 11) is 2.28. The molecular weight excluding hydrogens is 638 g/mol. The van der Waals surface area contributed by atoms with Gasteiger partial charge >= 0.3 is 35.7 Å². The van der Waals surface area contributed by atoms with Gasteiger partial charge in [0.05, 0.1) is 22.5 Å². The van der Waals surface area contributed by atoms with E-state index in [2.05, 4.69) is 0 Å². The summed E-state index contributed by atoms with van der Waals surface area (Å²) < 4.78 is 99.7. The lowest BCUT2D eigenvalue weighted by molar-refractivity contribution is -0.266. The van der Waals surface area contributed by atoms with Crippen molar-refractivity contribution >= 4 is 34.9 Å². The van der Waals surface area contributed by atoms with Gasteiger partial charge in [-0.25, -0.2) is 9.59 Å². The highest BCUT2D eigenvalue weighted by atomic mass is 35.5. The number of benzene rings is 4. The van der Waals surface area contributed by atoms with Crippen molar-refractivity contribution in [1.29, 1.82) is 0 Å². The first-order valence-corrected chi connectivity index (χ1v) is 14.1. The van der Waals surface area contributed by atoms with Crippen LogP contribution in [0.15, 0.2) is 84.9 Å². The van der Waals surface area contributed by atoms with Crippen molar-refractivity contribution in [1.82, 2.24) is 0 Å². The van der Waals surface area contributed by atoms with Gasteiger partial charge in [-0.2, -0.15) is 26.3 Å². The number of nitrogens with zero attached hydrogens (tertiary/aromatic N) is 2. The van der Waals surface area contributed by atoms with Crippen LogP contribution < -0.4 is 9.80 Å². The van der Waals surface area contributed by atoms with E-state index in [4.69, 9.17) is 21.1 Å². The largest absolute Gasteiger partial charge is 0.453 e. The molecule has 6 nitrogen and oxygen atoms in total. The molecule has 0 amide bonds. The predicted octanol–water partition coefficient (Wildman–Crippen LogP) is 8.36. The molecular formula is C33H23ClF6N2O4. The number of cyclic esters (lactones) is 2. The van der Waals surface area contributed by atoms with Gasteiger partial charge in [-0.1, -0.05) is 53.6 Å². The molecule has 0 N–H and O–H groups in total. The third kappa shape index (κ3) is 4.49. The van der Waals surface area contributed by atoms with Crippen molar-refractivity contribution < 1.29 is 45.4 Å². The summed E-state index contributed by atoms with van der Waals surface area (Å²) in [4.78, 5) is 27.8. The SMILES string of the molecule is Cc1cc(-c2ccc3c(c2)C(=O)O[C@@](c2cccc(Cl)c2)(C(F)(F)F)N3C)cc([C@@]2(C(F)(F)F)OC(=O)c3ccccc3N2C)c1. The lowest BCUT2D eigenvalue weighted by Crippen LogP contribution is -2.60. The maximum Gasteiger partial charge on any atom is 0.453 e. The van der Waals surface area contributed by atoms with Crippen LogP contribution in [0.2, 0.25) is 5.02 Å². The molecule has 2 aliphatic heterocycles. The average Bonchev–Trinajstić information content (AvgIpc) is 2.99. The third-order valence-electron chi connectivity index (χ3n) is 8.27. The number of alkyl halides is 6. The molecule has 0 unspecified atom stereocenters. The Bertz CT molecular complexity index is 1910. The Kier molecular flexibility index (Phi) is 7.08. The van der Waals surface area contributed by atoms with Crippen molar-refractivity contribution in [2.24, 2.45) is 0 Å². The van der Waals surface area contributed by atoms with Gasteiger partial charge in [-0.05, 0) is 66.6 Å². The van der Waals surface area contributed by atoms with Crippen LogP contribution in [0.1, 0.15) is 37.4 Å². The van der Waals surface area contributed by atoms with Gasteiger partial charge in [0.1, 0.15) is 0 Å². The van der Waals surface area contributed by atoms with Gasteiger partial charge in [-0.15, -0.1) is 0 Å². The summed E-state index contributed by atoms with van der Waals surface area (Å²) in [5, 5.41) is -0.00335. The monoisotopic (exact) mass is 660 g/mol. The smallest absolute Gasteiger partial charge is 0.421 e. The van der Waals surface area contributed by atoms with Crippen molar-refractivity contribution in [3.05, 3.63) is 118 Å². The van der Waals surface area contributed by atoms with E-state index in [9.17, 15) is 22.8 Å². The molecule has 2 heterocycles.